The van der Waals surface area contributed by atoms with Gasteiger partial charge in [0.15, 0.2) is 39.5 Å². The number of alkyl halides is 6. The molecule has 2 N–H and O–H groups in total. The van der Waals surface area contributed by atoms with E-state index in [-0.39, 0.29) is 158 Å². The highest BCUT2D eigenvalue weighted by Gasteiger charge is 2.48. The number of halogens is 6. The molecule has 34 nitrogen and oxygen atoms in total. The molecule has 0 amide bonds. The fraction of sp³-hybridized carbons (Fsp3) is 0.287. The molecular weight excluding hydrogens is 1800 g/mol. The number of benzene rings is 7. The molecule has 130 heavy (non-hydrogen) atoms. The van der Waals surface area contributed by atoms with Gasteiger partial charge in [0, 0.05) is 43.2 Å². The summed E-state index contributed by atoms with van der Waals surface area (Å²) in [5.41, 5.74) is -4.51. The molecular formula is C87H86F6O34S3. The summed E-state index contributed by atoms with van der Waals surface area (Å²) in [6, 6.07) is 41.0. The van der Waals surface area contributed by atoms with Gasteiger partial charge in [-0.05, 0) is 119 Å². The fourth-order valence-corrected chi connectivity index (χ4v) is 13.0. The number of fused-ring (bicyclic) bond motifs is 5. The molecule has 4 atom stereocenters. The lowest BCUT2D eigenvalue weighted by molar-refractivity contribution is -0.193. The second-order valence-corrected chi connectivity index (χ2v) is 30.4. The maximum atomic E-state index is 14.6. The summed E-state index contributed by atoms with van der Waals surface area (Å²) >= 11 is 0. The highest BCUT2D eigenvalue weighted by molar-refractivity contribution is 7.87. The van der Waals surface area contributed by atoms with E-state index in [0.717, 1.165) is 23.3 Å². The number of hydrogen-bond acceptors (Lipinski definition) is 33. The molecule has 698 valence electrons. The zero-order chi connectivity index (χ0) is 95.2. The molecule has 0 fully saturated rings. The molecule has 5 heterocycles. The number of ether oxygens (including phenoxy) is 5. The molecule has 12 aromatic rings. The van der Waals surface area contributed by atoms with Gasteiger partial charge >= 0.3 is 46.0 Å². The van der Waals surface area contributed by atoms with Crippen molar-refractivity contribution >= 4 is 116 Å². The first kappa shape index (κ1) is 110. The number of esters is 1. The lowest BCUT2D eigenvalue weighted by Gasteiger charge is -2.17. The summed E-state index contributed by atoms with van der Waals surface area (Å²) in [6.07, 6.45) is -2.71. The van der Waals surface area contributed by atoms with Crippen molar-refractivity contribution in [3.8, 4) is 28.7 Å². The molecule has 0 saturated carbocycles. The van der Waals surface area contributed by atoms with Crippen molar-refractivity contribution in [3.63, 3.8) is 0 Å². The van der Waals surface area contributed by atoms with E-state index in [1.54, 1.807) is 81.4 Å². The number of aryl methyl sites for hydroxylation is 4. The van der Waals surface area contributed by atoms with E-state index in [1.807, 2.05) is 20.8 Å². The van der Waals surface area contributed by atoms with Crippen LogP contribution in [-0.4, -0.2) is 142 Å². The molecule has 12 rings (SSSR count). The van der Waals surface area contributed by atoms with Crippen molar-refractivity contribution < 1.29 is 158 Å². The van der Waals surface area contributed by atoms with Crippen molar-refractivity contribution in [2.24, 2.45) is 0 Å². The van der Waals surface area contributed by atoms with Gasteiger partial charge < -0.3 is 56.0 Å². The van der Waals surface area contributed by atoms with Crippen molar-refractivity contribution in [1.29, 1.82) is 0 Å². The molecule has 43 heteroatoms. The number of phenols is 1. The number of phenolic OH excluding ortho intramolecular Hbond substituents is 1. The average molecular weight is 1880 g/mol. The van der Waals surface area contributed by atoms with Gasteiger partial charge in [-0.1, -0.05) is 108 Å². The molecule has 0 bridgehead atoms. The Morgan fingerprint density at radius 1 is 0.431 bits per heavy atom. The molecule has 0 spiro atoms. The van der Waals surface area contributed by atoms with Crippen LogP contribution in [0.1, 0.15) is 106 Å². The Morgan fingerprint density at radius 2 is 0.777 bits per heavy atom. The standard InChI is InChI=1S/C26H23FO8.C22H15FO8.C12H15F3O6S2.C11H15FO3S.C11H10O3.3CO2.2CH4/c1-3-16-11-17(28)24-19(7-5-9-21(24)34-16)32-13-15(27)14-33-20-8-6-10-22-25(20)18(29)12-23(35-22)26(30)31-4-2;23-12(10-29-16-4-1-3-15-20(16)13(24)7-8-28-15)11-30-17-5-2-6-18-21(17)14(25)9-19(31-18)22(26)27;1-3-10(21-23(18,19)12(13,14)15)8-20-22(16,17)11-6-4-9(2)5-7-11;1-3-10(12)8-15-16(13,14)11-6-4-9(2)5-7-11;1-2-7-6-9(13)11-8(12)4-3-5-10(11)14-7;3*2-1-3;;/h5-12,15H,3-4,13-14H2,1-2H3;1-9,12H,10-11H2,(H,26,27);4-7,10H,3,8H2,1-2H3;4-7,10H,3,8H2,1-2H3;3-6,12H,2H2,1H3;;;;2*1H4/i27-1;23-1;;12-1;;;;;;. The number of carboxylic acids is 1. The Balaban J connectivity index is 0.000000421. The van der Waals surface area contributed by atoms with E-state index in [4.69, 9.17) is 79.6 Å². The second kappa shape index (κ2) is 52.9. The molecule has 0 radical (unpaired) electrons. The van der Waals surface area contributed by atoms with Gasteiger partial charge in [-0.25, -0.2) is 22.8 Å². The SMILES string of the molecule is C.C.CCC(COS(=O)(=O)c1ccc(C)cc1)OS(=O)(=O)C(F)(F)F.CCC([18F])COS(=O)(=O)c1ccc(C)cc1.CCOC(=O)c1cc(=O)c2c(OCC([18F])COc3cccc4oc(CC)cc(=O)c34)cccc2o1.CCc1cc(=O)c2c(O)cccc2o1.O=C(O)c1cc(=O)c2c(OCC([18F])COc3cccc4occc(=O)c34)cccc2o1.O=C=O.O=C=O.O=C=O. The van der Waals surface area contributed by atoms with Crippen LogP contribution in [-0.2, 0) is 89.2 Å². The Hall–Kier alpha value is -14.0. The highest BCUT2D eigenvalue weighted by Crippen LogP contribution is 2.31. The third kappa shape index (κ3) is 32.7. The average Bonchev–Trinajstić information content (AvgIpc) is 1.19. The first-order chi connectivity index (χ1) is 60.6. The number of aromatic carboxylic acids is 1. The Bertz CT molecular complexity index is 6540. The summed E-state index contributed by atoms with van der Waals surface area (Å²) in [5, 5.41) is 19.2. The van der Waals surface area contributed by atoms with Crippen LogP contribution in [0.3, 0.4) is 0 Å². The van der Waals surface area contributed by atoms with Crippen LogP contribution in [0.15, 0.2) is 232 Å². The maximum absolute atomic E-state index is 14.6. The molecule has 0 aliphatic heterocycles. The van der Waals surface area contributed by atoms with Crippen LogP contribution in [0.4, 0.5) is 26.3 Å². The van der Waals surface area contributed by atoms with E-state index in [2.05, 4.69) is 12.5 Å². The van der Waals surface area contributed by atoms with E-state index >= 15 is 0 Å². The van der Waals surface area contributed by atoms with E-state index in [1.165, 1.54) is 110 Å². The smallest absolute Gasteiger partial charge is 0.507 e. The molecule has 0 aliphatic rings. The highest BCUT2D eigenvalue weighted by atomic mass is 32.2. The topological polar surface area (TPSA) is 504 Å². The summed E-state index contributed by atoms with van der Waals surface area (Å²) in [5.74, 6) is -1.18. The molecule has 4 unspecified atom stereocenters. The minimum Gasteiger partial charge on any atom is -0.507 e. The predicted octanol–water partition coefficient (Wildman–Crippen LogP) is 14.2. The molecule has 0 aliphatic carbocycles. The van der Waals surface area contributed by atoms with Crippen LogP contribution in [0.2, 0.25) is 0 Å². The monoisotopic (exact) mass is 1880 g/mol. The van der Waals surface area contributed by atoms with Gasteiger partial charge in [-0.2, -0.15) is 67.2 Å². The Labute approximate surface area is 735 Å². The largest absolute Gasteiger partial charge is 0.523 e. The van der Waals surface area contributed by atoms with Crippen molar-refractivity contribution in [3.05, 3.63) is 261 Å². The first-order valence-electron chi connectivity index (χ1n) is 37.3. The third-order valence-electron chi connectivity index (χ3n) is 16.6. The van der Waals surface area contributed by atoms with Crippen molar-refractivity contribution in [1.82, 2.24) is 0 Å². The summed E-state index contributed by atoms with van der Waals surface area (Å²) < 4.78 is 214. The molecule has 5 aromatic heterocycles. The Kier molecular flexibility index (Phi) is 44.9. The van der Waals surface area contributed by atoms with Gasteiger partial charge in [0.2, 0.25) is 11.5 Å². The second-order valence-electron chi connectivity index (χ2n) is 25.6. The van der Waals surface area contributed by atoms with E-state index in [9.17, 15) is 90.3 Å². The minimum absolute atomic E-state index is 0. The van der Waals surface area contributed by atoms with Crippen molar-refractivity contribution in [2.45, 2.75) is 129 Å². The normalized spacial score (nSPS) is 11.7. The molecule has 0 saturated heterocycles. The van der Waals surface area contributed by atoms with Crippen LogP contribution in [0.5, 0.6) is 28.7 Å². The first-order valence-corrected chi connectivity index (χ1v) is 41.6. The number of carbonyl (C=O) groups excluding carboxylic acids is 7. The zero-order valence-corrected chi connectivity index (χ0v) is 70.7. The minimum atomic E-state index is -5.82. The van der Waals surface area contributed by atoms with Crippen molar-refractivity contribution in [2.75, 3.05) is 46.2 Å². The van der Waals surface area contributed by atoms with Gasteiger partial charge in [0.05, 0.1) is 35.9 Å². The Morgan fingerprint density at radius 3 is 1.15 bits per heavy atom. The number of carboxylic acid groups (broad SMARTS) is 1. The van der Waals surface area contributed by atoms with E-state index < -0.39 is 122 Å². The van der Waals surface area contributed by atoms with E-state index in [0.29, 0.717) is 41.1 Å². The van der Waals surface area contributed by atoms with Crippen LogP contribution in [0.25, 0.3) is 54.8 Å². The summed E-state index contributed by atoms with van der Waals surface area (Å²) in [4.78, 5) is 132. The molecule has 7 aromatic carbocycles. The number of rotatable bonds is 29. The number of carbonyl (C=O) groups is 2. The predicted molar refractivity (Wildman–Crippen MR) is 450 cm³/mol. The van der Waals surface area contributed by atoms with Crippen LogP contribution < -0.4 is 46.1 Å². The van der Waals surface area contributed by atoms with Gasteiger partial charge in [0.1, 0.15) is 134 Å². The number of aromatic hydroxyl groups is 1. The summed E-state index contributed by atoms with van der Waals surface area (Å²) in [7, 11) is -13.9. The van der Waals surface area contributed by atoms with Gasteiger partial charge in [0.25, 0.3) is 20.2 Å². The maximum Gasteiger partial charge on any atom is 0.523 e. The number of hydrogen-bond donors (Lipinski definition) is 2. The third-order valence-corrected chi connectivity index (χ3v) is 20.3. The van der Waals surface area contributed by atoms with Crippen LogP contribution >= 0.6 is 0 Å². The quantitative estimate of drug-likeness (QED) is 0.0190. The summed E-state index contributed by atoms with van der Waals surface area (Å²) in [6.45, 7) is 9.16. The zero-order valence-electron chi connectivity index (χ0n) is 68.3. The van der Waals surface area contributed by atoms with Crippen LogP contribution in [0, 0.1) is 13.8 Å². The van der Waals surface area contributed by atoms with Gasteiger partial charge in [-0.3, -0.25) is 36.5 Å². The lowest BCUT2D eigenvalue weighted by Crippen LogP contribution is -2.32. The van der Waals surface area contributed by atoms with Gasteiger partial charge in [-0.15, -0.1) is 0 Å². The fourth-order valence-electron chi connectivity index (χ4n) is 10.4. The lowest BCUT2D eigenvalue weighted by atomic mass is 10.2.